The lowest BCUT2D eigenvalue weighted by atomic mass is 10.1. The summed E-state index contributed by atoms with van der Waals surface area (Å²) in [7, 11) is 0. The van der Waals surface area contributed by atoms with Crippen LogP contribution >= 0.6 is 0 Å². The van der Waals surface area contributed by atoms with Crippen LogP contribution < -0.4 is 5.48 Å². The molecule has 0 unspecified atom stereocenters. The van der Waals surface area contributed by atoms with Crippen LogP contribution in [0, 0.1) is 5.82 Å². The maximum absolute atomic E-state index is 12.8. The van der Waals surface area contributed by atoms with Gasteiger partial charge in [-0.15, -0.1) is 0 Å². The monoisotopic (exact) mass is 225 g/mol. The second kappa shape index (κ2) is 4.15. The molecule has 0 saturated carbocycles. The van der Waals surface area contributed by atoms with Crippen molar-refractivity contribution < 1.29 is 19.3 Å². The molecule has 0 spiro atoms. The summed E-state index contributed by atoms with van der Waals surface area (Å²) in [5, 5.41) is 24.2. The minimum atomic E-state index is -0.425. The first kappa shape index (κ1) is 10.4. The van der Waals surface area contributed by atoms with Gasteiger partial charge in [-0.3, -0.25) is 10.7 Å². The third kappa shape index (κ3) is 1.80. The van der Waals surface area contributed by atoms with Gasteiger partial charge in [0.05, 0.1) is 12.1 Å². The first-order chi connectivity index (χ1) is 7.74. The normalized spacial score (nSPS) is 12.0. The highest BCUT2D eigenvalue weighted by Crippen LogP contribution is 2.19. The van der Waals surface area contributed by atoms with Crippen LogP contribution in [0.15, 0.2) is 27.9 Å². The summed E-state index contributed by atoms with van der Waals surface area (Å²) in [6.07, 6.45) is 0.0473. The number of rotatable bonds is 2. The Balaban J connectivity index is 2.39. The van der Waals surface area contributed by atoms with Crippen molar-refractivity contribution >= 4 is 16.8 Å². The summed E-state index contributed by atoms with van der Waals surface area (Å²) in [5.74, 6) is -0.508. The Bertz CT molecular complexity index is 538. The molecule has 0 bridgehead atoms. The number of hydroxylamine groups is 1. The first-order valence-electron chi connectivity index (χ1n) is 4.39. The molecule has 0 radical (unpaired) electrons. The van der Waals surface area contributed by atoms with Crippen molar-refractivity contribution in [3.8, 4) is 0 Å². The molecule has 84 valence electrons. The van der Waals surface area contributed by atoms with Crippen LogP contribution in [0.1, 0.15) is 5.69 Å². The molecule has 1 aromatic carbocycles. The largest absolute Gasteiger partial charge is 0.409 e. The van der Waals surface area contributed by atoms with Crippen LogP contribution in [0.5, 0.6) is 0 Å². The fraction of sp³-hybridized carbons (Fsp3) is 0.111. The molecular weight excluding hydrogens is 217 g/mol. The molecule has 1 aromatic heterocycles. The van der Waals surface area contributed by atoms with Crippen molar-refractivity contribution in [3.63, 3.8) is 0 Å². The Morgan fingerprint density at radius 3 is 3.06 bits per heavy atom. The van der Waals surface area contributed by atoms with Gasteiger partial charge in [0, 0.05) is 11.5 Å². The molecule has 2 rings (SSSR count). The molecule has 2 aromatic rings. The van der Waals surface area contributed by atoms with Gasteiger partial charge in [0.25, 0.3) is 0 Å². The van der Waals surface area contributed by atoms with E-state index in [0.717, 1.165) is 0 Å². The first-order valence-corrected chi connectivity index (χ1v) is 4.39. The second-order valence-corrected chi connectivity index (χ2v) is 3.11. The summed E-state index contributed by atoms with van der Waals surface area (Å²) in [6, 6.07) is 3.97. The third-order valence-electron chi connectivity index (χ3n) is 2.09. The average Bonchev–Trinajstić information content (AvgIpc) is 2.68. The maximum Gasteiger partial charge on any atom is 0.171 e. The number of hydrogen-bond donors (Lipinski definition) is 3. The molecule has 7 heteroatoms. The Morgan fingerprint density at radius 2 is 2.38 bits per heavy atom. The van der Waals surface area contributed by atoms with E-state index in [1.165, 1.54) is 18.2 Å². The van der Waals surface area contributed by atoms with Crippen LogP contribution in [-0.2, 0) is 6.42 Å². The predicted octanol–water partition coefficient (Wildman–Crippen LogP) is 1.28. The number of oxime groups is 1. The maximum atomic E-state index is 12.8. The third-order valence-corrected chi connectivity index (χ3v) is 2.09. The fourth-order valence-electron chi connectivity index (χ4n) is 1.35. The van der Waals surface area contributed by atoms with Crippen LogP contribution in [-0.4, -0.2) is 21.4 Å². The number of fused-ring (bicyclic) bond motifs is 1. The Labute approximate surface area is 88.9 Å². The van der Waals surface area contributed by atoms with Gasteiger partial charge < -0.3 is 9.73 Å². The predicted molar refractivity (Wildman–Crippen MR) is 51.8 cm³/mol. The lowest BCUT2D eigenvalue weighted by molar-refractivity contribution is 0.220. The molecule has 0 aliphatic carbocycles. The zero-order chi connectivity index (χ0) is 11.5. The molecule has 0 aliphatic rings. The van der Waals surface area contributed by atoms with E-state index in [9.17, 15) is 4.39 Å². The Kier molecular flexibility index (Phi) is 2.69. The summed E-state index contributed by atoms with van der Waals surface area (Å²) < 4.78 is 17.7. The van der Waals surface area contributed by atoms with E-state index in [0.29, 0.717) is 16.7 Å². The summed E-state index contributed by atoms with van der Waals surface area (Å²) in [4.78, 5) is 0. The van der Waals surface area contributed by atoms with E-state index in [2.05, 4.69) is 10.3 Å². The average molecular weight is 225 g/mol. The van der Waals surface area contributed by atoms with Gasteiger partial charge >= 0.3 is 0 Å². The Hall–Kier alpha value is -2.15. The van der Waals surface area contributed by atoms with Gasteiger partial charge in [-0.1, -0.05) is 10.3 Å². The van der Waals surface area contributed by atoms with E-state index >= 15 is 0 Å². The summed E-state index contributed by atoms with van der Waals surface area (Å²) in [6.45, 7) is 0. The van der Waals surface area contributed by atoms with Gasteiger partial charge in [-0.2, -0.15) is 0 Å². The fourth-order valence-corrected chi connectivity index (χ4v) is 1.35. The quantitative estimate of drug-likeness (QED) is 0.310. The van der Waals surface area contributed by atoms with E-state index in [1.54, 1.807) is 5.48 Å². The van der Waals surface area contributed by atoms with Gasteiger partial charge in [-0.05, 0) is 12.1 Å². The van der Waals surface area contributed by atoms with Crippen molar-refractivity contribution in [1.29, 1.82) is 0 Å². The van der Waals surface area contributed by atoms with Crippen molar-refractivity contribution in [1.82, 2.24) is 10.6 Å². The van der Waals surface area contributed by atoms with Gasteiger partial charge in [-0.25, -0.2) is 4.39 Å². The van der Waals surface area contributed by atoms with E-state index in [4.69, 9.17) is 14.9 Å². The number of halogens is 1. The van der Waals surface area contributed by atoms with Crippen LogP contribution in [0.2, 0.25) is 0 Å². The molecule has 6 nitrogen and oxygen atoms in total. The molecule has 0 fully saturated rings. The molecule has 16 heavy (non-hydrogen) atoms. The Morgan fingerprint density at radius 1 is 1.56 bits per heavy atom. The highest BCUT2D eigenvalue weighted by atomic mass is 19.1. The highest BCUT2D eigenvalue weighted by molar-refractivity contribution is 5.88. The molecule has 0 atom stereocenters. The second-order valence-electron chi connectivity index (χ2n) is 3.11. The molecular formula is C9H8FN3O3. The lowest BCUT2D eigenvalue weighted by Crippen LogP contribution is -2.21. The molecule has 3 N–H and O–H groups in total. The van der Waals surface area contributed by atoms with Crippen LogP contribution in [0.3, 0.4) is 0 Å². The summed E-state index contributed by atoms with van der Waals surface area (Å²) in [5.41, 5.74) is 2.44. The number of hydrogen-bond acceptors (Lipinski definition) is 5. The highest BCUT2D eigenvalue weighted by Gasteiger charge is 2.11. The SMILES string of the molecule is O/N=C(/Cc1noc2cc(F)ccc12)NO. The molecule has 0 aliphatic heterocycles. The zero-order valence-electron chi connectivity index (χ0n) is 8.01. The topological polar surface area (TPSA) is 90.9 Å². The van der Waals surface area contributed by atoms with Gasteiger partial charge in [0.2, 0.25) is 0 Å². The molecule has 1 heterocycles. The number of nitrogens with zero attached hydrogens (tertiary/aromatic N) is 2. The smallest absolute Gasteiger partial charge is 0.171 e. The van der Waals surface area contributed by atoms with E-state index in [-0.39, 0.29) is 12.3 Å². The molecule has 0 amide bonds. The number of nitrogens with one attached hydrogen (secondary N) is 1. The standard InChI is InChI=1S/C9H8FN3O3/c10-5-1-2-6-7(4-9(11-14)12-15)13-16-8(6)3-5/h1-3,14-15H,4H2,(H,11,12). The molecule has 0 saturated heterocycles. The van der Waals surface area contributed by atoms with Crippen molar-refractivity contribution in [3.05, 3.63) is 29.7 Å². The minimum Gasteiger partial charge on any atom is -0.409 e. The van der Waals surface area contributed by atoms with Crippen molar-refractivity contribution in [2.24, 2.45) is 5.16 Å². The van der Waals surface area contributed by atoms with Crippen LogP contribution in [0.4, 0.5) is 4.39 Å². The summed E-state index contributed by atoms with van der Waals surface area (Å²) >= 11 is 0. The van der Waals surface area contributed by atoms with Crippen LogP contribution in [0.25, 0.3) is 11.0 Å². The lowest BCUT2D eigenvalue weighted by Gasteiger charge is -1.98. The minimum absolute atomic E-state index is 0.0473. The number of benzene rings is 1. The van der Waals surface area contributed by atoms with Crippen molar-refractivity contribution in [2.45, 2.75) is 6.42 Å². The number of amidine groups is 1. The van der Waals surface area contributed by atoms with Gasteiger partial charge in [0.1, 0.15) is 5.82 Å². The zero-order valence-corrected chi connectivity index (χ0v) is 8.01. The van der Waals surface area contributed by atoms with E-state index < -0.39 is 5.82 Å². The van der Waals surface area contributed by atoms with E-state index in [1.807, 2.05) is 0 Å². The van der Waals surface area contributed by atoms with Gasteiger partial charge in [0.15, 0.2) is 11.4 Å². The van der Waals surface area contributed by atoms with Crippen molar-refractivity contribution in [2.75, 3.05) is 0 Å². The number of aromatic nitrogens is 1.